The largest absolute Gasteiger partial charge is 0.381 e. The van der Waals surface area contributed by atoms with Crippen LogP contribution in [-0.4, -0.2) is 60.1 Å². The molecule has 8 nitrogen and oxygen atoms in total. The van der Waals surface area contributed by atoms with Crippen LogP contribution in [0.15, 0.2) is 11.1 Å². The number of aromatic nitrogens is 2. The summed E-state index contributed by atoms with van der Waals surface area (Å²) in [5.74, 6) is 0.556. The standard InChI is InChI=1S/C10H18N4O4S3/c1-3-20(15,16)9-7-19-5-4-14(9)21(17,18)8-6-13(2)12-10(8)11/h6,9H,3-5,7H2,1-2H3,(H2,11,12). The Morgan fingerprint density at radius 2 is 2.10 bits per heavy atom. The molecule has 11 heteroatoms. The van der Waals surface area contributed by atoms with Crippen molar-refractivity contribution in [2.45, 2.75) is 17.2 Å². The minimum Gasteiger partial charge on any atom is -0.381 e. The van der Waals surface area contributed by atoms with Gasteiger partial charge in [0.05, 0.1) is 0 Å². The predicted octanol–water partition coefficient (Wildman–Crippen LogP) is -0.499. The summed E-state index contributed by atoms with van der Waals surface area (Å²) in [5, 5.41) is 2.76. The van der Waals surface area contributed by atoms with Crippen LogP contribution in [0.2, 0.25) is 0 Å². The highest BCUT2D eigenvalue weighted by molar-refractivity contribution is 8.01. The van der Waals surface area contributed by atoms with Crippen molar-refractivity contribution in [2.24, 2.45) is 7.05 Å². The van der Waals surface area contributed by atoms with E-state index in [9.17, 15) is 16.8 Å². The lowest BCUT2D eigenvalue weighted by Gasteiger charge is -2.33. The summed E-state index contributed by atoms with van der Waals surface area (Å²) in [6.07, 6.45) is 1.29. The molecule has 2 rings (SSSR count). The average molecular weight is 354 g/mol. The second kappa shape index (κ2) is 5.78. The molecule has 1 aromatic rings. The summed E-state index contributed by atoms with van der Waals surface area (Å²) in [6, 6.07) is 0. The van der Waals surface area contributed by atoms with Crippen LogP contribution in [0.3, 0.4) is 0 Å². The summed E-state index contributed by atoms with van der Waals surface area (Å²) in [7, 11) is -5.93. The summed E-state index contributed by atoms with van der Waals surface area (Å²) in [4.78, 5) is -0.145. The molecule has 0 radical (unpaired) electrons. The Kier molecular flexibility index (Phi) is 4.57. The number of hydrogen-bond donors (Lipinski definition) is 1. The van der Waals surface area contributed by atoms with E-state index in [1.165, 1.54) is 29.6 Å². The van der Waals surface area contributed by atoms with Crippen LogP contribution in [0.5, 0.6) is 0 Å². The van der Waals surface area contributed by atoms with Crippen molar-refractivity contribution in [3.8, 4) is 0 Å². The van der Waals surface area contributed by atoms with Crippen molar-refractivity contribution in [3.63, 3.8) is 0 Å². The lowest BCUT2D eigenvalue weighted by Crippen LogP contribution is -2.50. The number of nitrogen functional groups attached to an aromatic ring is 1. The molecule has 0 amide bonds. The molecule has 1 fully saturated rings. The molecule has 1 unspecified atom stereocenters. The Balaban J connectivity index is 2.48. The quantitative estimate of drug-likeness (QED) is 0.775. The minimum atomic E-state index is -3.98. The number of nitrogens with two attached hydrogens (primary N) is 1. The molecule has 0 bridgehead atoms. The number of rotatable bonds is 4. The Labute approximate surface area is 128 Å². The van der Waals surface area contributed by atoms with Crippen molar-refractivity contribution in [2.75, 3.05) is 29.5 Å². The van der Waals surface area contributed by atoms with E-state index >= 15 is 0 Å². The molecule has 1 aliphatic heterocycles. The summed E-state index contributed by atoms with van der Waals surface area (Å²) in [5.41, 5.74) is 5.63. The maximum Gasteiger partial charge on any atom is 0.249 e. The summed E-state index contributed by atoms with van der Waals surface area (Å²) in [6.45, 7) is 1.66. The Morgan fingerprint density at radius 1 is 1.43 bits per heavy atom. The third-order valence-electron chi connectivity index (χ3n) is 3.26. The van der Waals surface area contributed by atoms with Gasteiger partial charge >= 0.3 is 0 Å². The molecule has 120 valence electrons. The van der Waals surface area contributed by atoms with Crippen molar-refractivity contribution in [1.82, 2.24) is 14.1 Å². The zero-order chi connectivity index (χ0) is 15.8. The summed E-state index contributed by atoms with van der Waals surface area (Å²) < 4.78 is 52.1. The Bertz CT molecular complexity index is 725. The van der Waals surface area contributed by atoms with Gasteiger partial charge in [-0.05, 0) is 0 Å². The fourth-order valence-corrected chi connectivity index (χ4v) is 7.47. The molecule has 1 aromatic heterocycles. The van der Waals surface area contributed by atoms with Gasteiger partial charge in [0.25, 0.3) is 0 Å². The van der Waals surface area contributed by atoms with Crippen molar-refractivity contribution in [3.05, 3.63) is 6.20 Å². The average Bonchev–Trinajstić information content (AvgIpc) is 2.78. The van der Waals surface area contributed by atoms with Gasteiger partial charge in [0.2, 0.25) is 10.0 Å². The molecular weight excluding hydrogens is 336 g/mol. The van der Waals surface area contributed by atoms with Gasteiger partial charge < -0.3 is 5.73 Å². The molecule has 21 heavy (non-hydrogen) atoms. The van der Waals surface area contributed by atoms with Gasteiger partial charge in [0.1, 0.15) is 10.3 Å². The molecule has 0 spiro atoms. The first-order valence-electron chi connectivity index (χ1n) is 6.30. The SMILES string of the molecule is CCS(=O)(=O)C1CSCCN1S(=O)(=O)c1cn(C)nc1N. The molecule has 0 aromatic carbocycles. The first-order valence-corrected chi connectivity index (χ1v) is 10.6. The fourth-order valence-electron chi connectivity index (χ4n) is 2.12. The monoisotopic (exact) mass is 354 g/mol. The lowest BCUT2D eigenvalue weighted by atomic mass is 10.6. The third kappa shape index (κ3) is 3.05. The van der Waals surface area contributed by atoms with Gasteiger partial charge in [0.15, 0.2) is 15.7 Å². The first kappa shape index (κ1) is 16.6. The number of sulfone groups is 1. The molecule has 1 saturated heterocycles. The fraction of sp³-hybridized carbons (Fsp3) is 0.700. The van der Waals surface area contributed by atoms with Crippen LogP contribution in [0.25, 0.3) is 0 Å². The van der Waals surface area contributed by atoms with Crippen LogP contribution >= 0.6 is 11.8 Å². The highest BCUT2D eigenvalue weighted by atomic mass is 32.2. The Morgan fingerprint density at radius 3 is 2.62 bits per heavy atom. The minimum absolute atomic E-state index is 0.104. The van der Waals surface area contributed by atoms with Crippen LogP contribution < -0.4 is 5.73 Å². The van der Waals surface area contributed by atoms with Crippen LogP contribution in [0, 0.1) is 0 Å². The van der Waals surface area contributed by atoms with Gasteiger partial charge in [-0.15, -0.1) is 0 Å². The number of aryl methyl sites for hydroxylation is 1. The van der Waals surface area contributed by atoms with Gasteiger partial charge in [0, 0.05) is 37.0 Å². The number of nitrogens with zero attached hydrogens (tertiary/aromatic N) is 3. The van der Waals surface area contributed by atoms with E-state index in [-0.39, 0.29) is 28.8 Å². The van der Waals surface area contributed by atoms with Crippen LogP contribution in [0.4, 0.5) is 5.82 Å². The highest BCUT2D eigenvalue weighted by Gasteiger charge is 2.41. The normalized spacial score (nSPS) is 21.5. The zero-order valence-corrected chi connectivity index (χ0v) is 14.2. The molecule has 2 N–H and O–H groups in total. The van der Waals surface area contributed by atoms with E-state index in [1.54, 1.807) is 7.05 Å². The number of hydrogen-bond acceptors (Lipinski definition) is 7. The molecule has 1 aliphatic rings. The third-order valence-corrected chi connectivity index (χ3v) is 8.61. The number of thioether (sulfide) groups is 1. The van der Waals surface area contributed by atoms with Gasteiger partial charge in [-0.3, -0.25) is 4.68 Å². The highest BCUT2D eigenvalue weighted by Crippen LogP contribution is 2.29. The second-order valence-corrected chi connectivity index (χ2v) is 10.1. The Hall–Kier alpha value is -0.780. The first-order chi connectivity index (χ1) is 9.70. The molecule has 0 saturated carbocycles. The molecule has 2 heterocycles. The van der Waals surface area contributed by atoms with E-state index in [2.05, 4.69) is 5.10 Å². The number of sulfonamides is 1. The van der Waals surface area contributed by atoms with Gasteiger partial charge in [-0.1, -0.05) is 6.92 Å². The van der Waals surface area contributed by atoms with E-state index in [0.717, 1.165) is 4.31 Å². The maximum atomic E-state index is 12.7. The van der Waals surface area contributed by atoms with E-state index in [4.69, 9.17) is 5.73 Å². The van der Waals surface area contributed by atoms with Crippen LogP contribution in [-0.2, 0) is 26.9 Å². The molecule has 0 aliphatic carbocycles. The van der Waals surface area contributed by atoms with Crippen molar-refractivity contribution < 1.29 is 16.8 Å². The topological polar surface area (TPSA) is 115 Å². The van der Waals surface area contributed by atoms with Crippen molar-refractivity contribution in [1.29, 1.82) is 0 Å². The molecular formula is C10H18N4O4S3. The maximum absolute atomic E-state index is 12.7. The van der Waals surface area contributed by atoms with E-state index < -0.39 is 25.2 Å². The second-order valence-electron chi connectivity index (χ2n) is 4.65. The zero-order valence-electron chi connectivity index (χ0n) is 11.8. The van der Waals surface area contributed by atoms with Gasteiger partial charge in [-0.2, -0.15) is 21.2 Å². The van der Waals surface area contributed by atoms with E-state index in [1.807, 2.05) is 0 Å². The summed E-state index contributed by atoms with van der Waals surface area (Å²) >= 11 is 1.43. The van der Waals surface area contributed by atoms with Gasteiger partial charge in [-0.25, -0.2) is 16.8 Å². The number of anilines is 1. The van der Waals surface area contributed by atoms with Crippen LogP contribution in [0.1, 0.15) is 6.92 Å². The smallest absolute Gasteiger partial charge is 0.249 e. The lowest BCUT2D eigenvalue weighted by molar-refractivity contribution is 0.404. The predicted molar refractivity (Wildman–Crippen MR) is 82.1 cm³/mol. The van der Waals surface area contributed by atoms with Crippen molar-refractivity contribution >= 4 is 37.4 Å². The molecule has 1 atom stereocenters. The van der Waals surface area contributed by atoms with E-state index in [0.29, 0.717) is 5.75 Å².